The number of aromatic nitrogens is 4. The highest BCUT2D eigenvalue weighted by molar-refractivity contribution is 5.39. The highest BCUT2D eigenvalue weighted by Gasteiger charge is 2.29. The lowest BCUT2D eigenvalue weighted by molar-refractivity contribution is 0.575. The van der Waals surface area contributed by atoms with Crippen molar-refractivity contribution in [1.29, 1.82) is 0 Å². The molecule has 148 valence electrons. The Labute approximate surface area is 172 Å². The van der Waals surface area contributed by atoms with Crippen LogP contribution in [-0.4, -0.2) is 19.6 Å². The molecule has 2 aromatic heterocycles. The number of para-hydroxylation sites is 1. The van der Waals surface area contributed by atoms with Crippen LogP contribution >= 0.6 is 0 Å². The first kappa shape index (κ1) is 19.2. The summed E-state index contributed by atoms with van der Waals surface area (Å²) < 4.78 is 3.88. The van der Waals surface area contributed by atoms with Crippen LogP contribution in [0.5, 0.6) is 0 Å². The van der Waals surface area contributed by atoms with Gasteiger partial charge in [0.05, 0.1) is 28.2 Å². The molecule has 0 radical (unpaired) electrons. The van der Waals surface area contributed by atoms with Crippen LogP contribution in [0.3, 0.4) is 0 Å². The van der Waals surface area contributed by atoms with Crippen LogP contribution in [0.4, 0.5) is 0 Å². The fourth-order valence-corrected chi connectivity index (χ4v) is 3.43. The van der Waals surface area contributed by atoms with Crippen molar-refractivity contribution >= 4 is 0 Å². The average Bonchev–Trinajstić information content (AvgIpc) is 3.39. The lowest BCUT2D eigenvalue weighted by Crippen LogP contribution is -2.21. The molecule has 4 heteroatoms. The summed E-state index contributed by atoms with van der Waals surface area (Å²) in [5.74, 6) is 0. The van der Waals surface area contributed by atoms with Gasteiger partial charge in [-0.1, -0.05) is 51.1 Å². The first-order valence-electron chi connectivity index (χ1n) is 10.0. The van der Waals surface area contributed by atoms with Crippen LogP contribution in [0.1, 0.15) is 51.6 Å². The van der Waals surface area contributed by atoms with E-state index < -0.39 is 0 Å². The Kier molecular flexibility index (Phi) is 4.65. The molecular formula is C25H28N4. The average molecular weight is 385 g/mol. The van der Waals surface area contributed by atoms with E-state index in [9.17, 15) is 0 Å². The predicted molar refractivity (Wildman–Crippen MR) is 118 cm³/mol. The van der Waals surface area contributed by atoms with Crippen molar-refractivity contribution in [2.45, 2.75) is 45.4 Å². The van der Waals surface area contributed by atoms with E-state index in [2.05, 4.69) is 83.1 Å². The van der Waals surface area contributed by atoms with Crippen molar-refractivity contribution in [3.63, 3.8) is 0 Å². The zero-order chi connectivity index (χ0) is 20.6. The van der Waals surface area contributed by atoms with Gasteiger partial charge in [0.25, 0.3) is 0 Å². The third-order valence-corrected chi connectivity index (χ3v) is 5.46. The minimum absolute atomic E-state index is 0.107. The maximum Gasteiger partial charge on any atom is 0.0745 e. The highest BCUT2D eigenvalue weighted by Crippen LogP contribution is 2.30. The standard InChI is InChI=1S/C25H28N4/c1-24(2,3)19-10-9-13-21(18-19)29-17-15-23(27-29)25(4,5)22-14-16-28(26-22)20-11-7-6-8-12-20/h6-18H,1-5H3. The van der Waals surface area contributed by atoms with E-state index >= 15 is 0 Å². The molecule has 0 saturated heterocycles. The van der Waals surface area contributed by atoms with Crippen LogP contribution in [0.25, 0.3) is 11.4 Å². The summed E-state index contributed by atoms with van der Waals surface area (Å²) in [6.45, 7) is 11.0. The van der Waals surface area contributed by atoms with Gasteiger partial charge in [-0.2, -0.15) is 10.2 Å². The Hall–Kier alpha value is -3.14. The Bertz CT molecular complexity index is 1110. The fourth-order valence-electron chi connectivity index (χ4n) is 3.43. The molecular weight excluding hydrogens is 356 g/mol. The normalized spacial score (nSPS) is 12.3. The third-order valence-electron chi connectivity index (χ3n) is 5.46. The maximum atomic E-state index is 4.90. The molecule has 0 unspecified atom stereocenters. The first-order chi connectivity index (χ1) is 13.7. The molecule has 29 heavy (non-hydrogen) atoms. The van der Waals surface area contributed by atoms with Gasteiger partial charge in [0.2, 0.25) is 0 Å². The second kappa shape index (κ2) is 7.03. The zero-order valence-electron chi connectivity index (χ0n) is 17.8. The van der Waals surface area contributed by atoms with Crippen molar-refractivity contribution in [2.75, 3.05) is 0 Å². The first-order valence-corrected chi connectivity index (χ1v) is 10.0. The van der Waals surface area contributed by atoms with E-state index in [1.165, 1.54) is 5.56 Å². The van der Waals surface area contributed by atoms with Gasteiger partial charge in [-0.15, -0.1) is 0 Å². The lowest BCUT2D eigenvalue weighted by atomic mass is 9.86. The van der Waals surface area contributed by atoms with Crippen LogP contribution in [0.2, 0.25) is 0 Å². The molecule has 0 bridgehead atoms. The predicted octanol–water partition coefficient (Wildman–Crippen LogP) is 5.68. The Morgan fingerprint density at radius 3 is 1.76 bits per heavy atom. The quantitative estimate of drug-likeness (QED) is 0.454. The van der Waals surface area contributed by atoms with Gasteiger partial charge in [-0.3, -0.25) is 0 Å². The Balaban J connectivity index is 1.65. The van der Waals surface area contributed by atoms with Crippen molar-refractivity contribution in [2.24, 2.45) is 0 Å². The van der Waals surface area contributed by atoms with Gasteiger partial charge in [0.15, 0.2) is 0 Å². The zero-order valence-corrected chi connectivity index (χ0v) is 17.8. The van der Waals surface area contributed by atoms with Crippen LogP contribution < -0.4 is 0 Å². The van der Waals surface area contributed by atoms with E-state index in [4.69, 9.17) is 10.2 Å². The van der Waals surface area contributed by atoms with Gasteiger partial charge in [0.1, 0.15) is 0 Å². The molecule has 4 aromatic rings. The smallest absolute Gasteiger partial charge is 0.0745 e. The molecule has 0 spiro atoms. The molecule has 4 nitrogen and oxygen atoms in total. The van der Waals surface area contributed by atoms with Crippen LogP contribution in [-0.2, 0) is 10.8 Å². The second-order valence-electron chi connectivity index (χ2n) is 9.05. The topological polar surface area (TPSA) is 35.6 Å². The van der Waals surface area contributed by atoms with Gasteiger partial charge in [-0.25, -0.2) is 9.36 Å². The van der Waals surface area contributed by atoms with Gasteiger partial charge < -0.3 is 0 Å². The number of nitrogens with zero attached hydrogens (tertiary/aromatic N) is 4. The van der Waals surface area contributed by atoms with Crippen molar-refractivity contribution in [3.05, 3.63) is 96.1 Å². The molecule has 0 amide bonds. The maximum absolute atomic E-state index is 4.90. The van der Waals surface area contributed by atoms with Gasteiger partial charge in [0, 0.05) is 12.4 Å². The molecule has 0 atom stereocenters. The summed E-state index contributed by atoms with van der Waals surface area (Å²) in [5.41, 5.74) is 5.23. The summed E-state index contributed by atoms with van der Waals surface area (Å²) in [4.78, 5) is 0. The molecule has 0 fully saturated rings. The van der Waals surface area contributed by atoms with Gasteiger partial charge >= 0.3 is 0 Å². The minimum Gasteiger partial charge on any atom is -0.241 e. The molecule has 2 aromatic carbocycles. The highest BCUT2D eigenvalue weighted by atomic mass is 15.3. The molecule has 2 heterocycles. The van der Waals surface area contributed by atoms with Gasteiger partial charge in [-0.05, 0) is 61.2 Å². The summed E-state index contributed by atoms with van der Waals surface area (Å²) in [7, 11) is 0. The van der Waals surface area contributed by atoms with E-state index in [0.717, 1.165) is 22.8 Å². The number of hydrogen-bond acceptors (Lipinski definition) is 2. The molecule has 0 aliphatic carbocycles. The minimum atomic E-state index is -0.299. The Morgan fingerprint density at radius 2 is 1.17 bits per heavy atom. The van der Waals surface area contributed by atoms with Crippen LogP contribution in [0, 0.1) is 0 Å². The monoisotopic (exact) mass is 384 g/mol. The summed E-state index contributed by atoms with van der Waals surface area (Å²) in [6.07, 6.45) is 4.04. The summed E-state index contributed by atoms with van der Waals surface area (Å²) in [5, 5.41) is 9.73. The van der Waals surface area contributed by atoms with E-state index in [1.807, 2.05) is 40.0 Å². The van der Waals surface area contributed by atoms with E-state index in [1.54, 1.807) is 0 Å². The van der Waals surface area contributed by atoms with Crippen molar-refractivity contribution < 1.29 is 0 Å². The largest absolute Gasteiger partial charge is 0.241 e. The molecule has 0 aliphatic heterocycles. The van der Waals surface area contributed by atoms with Crippen molar-refractivity contribution in [3.8, 4) is 11.4 Å². The van der Waals surface area contributed by atoms with Crippen LogP contribution in [0.15, 0.2) is 79.1 Å². The van der Waals surface area contributed by atoms with Crippen molar-refractivity contribution in [1.82, 2.24) is 19.6 Å². The Morgan fingerprint density at radius 1 is 0.621 bits per heavy atom. The molecule has 0 saturated carbocycles. The van der Waals surface area contributed by atoms with E-state index in [0.29, 0.717) is 0 Å². The fraction of sp³-hybridized carbons (Fsp3) is 0.280. The molecule has 0 aliphatic rings. The second-order valence-corrected chi connectivity index (χ2v) is 9.05. The van der Waals surface area contributed by atoms with E-state index in [-0.39, 0.29) is 10.8 Å². The third kappa shape index (κ3) is 3.75. The molecule has 0 N–H and O–H groups in total. The number of hydrogen-bond donors (Lipinski definition) is 0. The SMILES string of the molecule is CC(C)(C)c1cccc(-n2ccc(C(C)(C)c3ccn(-c4ccccc4)n3)n2)c1. The number of benzene rings is 2. The molecule has 4 rings (SSSR count). The summed E-state index contributed by atoms with van der Waals surface area (Å²) in [6, 6.07) is 22.9. The number of rotatable bonds is 4. The summed E-state index contributed by atoms with van der Waals surface area (Å²) >= 11 is 0. The lowest BCUT2D eigenvalue weighted by Gasteiger charge is -2.20.